The Kier molecular flexibility index (Phi) is 5.17. The maximum Gasteiger partial charge on any atom is 0.0561 e. The third-order valence-corrected chi connectivity index (χ3v) is 4.30. The highest BCUT2D eigenvalue weighted by Crippen LogP contribution is 2.31. The second-order valence-corrected chi connectivity index (χ2v) is 5.46. The van der Waals surface area contributed by atoms with Crippen LogP contribution in [0.15, 0.2) is 35.8 Å². The van der Waals surface area contributed by atoms with Crippen molar-refractivity contribution in [2.45, 2.75) is 25.8 Å². The highest BCUT2D eigenvalue weighted by Gasteiger charge is 2.15. The van der Waals surface area contributed by atoms with Crippen LogP contribution in [-0.4, -0.2) is 11.5 Å². The predicted octanol–water partition coefficient (Wildman–Crippen LogP) is 4.08. The number of halogens is 1. The summed E-state index contributed by atoms with van der Waals surface area (Å²) >= 11 is 7.92. The molecule has 0 aliphatic heterocycles. The van der Waals surface area contributed by atoms with Crippen LogP contribution in [0.2, 0.25) is 5.02 Å². The van der Waals surface area contributed by atoms with Crippen LogP contribution >= 0.6 is 22.9 Å². The molecule has 1 unspecified atom stereocenters. The maximum atomic E-state index is 6.21. The van der Waals surface area contributed by atoms with Crippen molar-refractivity contribution < 1.29 is 0 Å². The van der Waals surface area contributed by atoms with Gasteiger partial charge in [-0.15, -0.1) is 11.3 Å². The first-order chi connectivity index (χ1) is 8.81. The minimum Gasteiger partial charge on any atom is -0.309 e. The first-order valence-electron chi connectivity index (χ1n) is 6.17. The summed E-state index contributed by atoms with van der Waals surface area (Å²) in [6.45, 7) is 3.07. The molecule has 1 N–H and O–H groups in total. The van der Waals surface area contributed by atoms with Gasteiger partial charge in [0.05, 0.1) is 5.02 Å². The lowest BCUT2D eigenvalue weighted by atomic mass is 10.1. The zero-order valence-electron chi connectivity index (χ0n) is 10.4. The van der Waals surface area contributed by atoms with Gasteiger partial charge >= 0.3 is 0 Å². The second kappa shape index (κ2) is 6.88. The van der Waals surface area contributed by atoms with Crippen molar-refractivity contribution in [1.29, 1.82) is 0 Å². The summed E-state index contributed by atoms with van der Waals surface area (Å²) in [6, 6.07) is 8.33. The summed E-state index contributed by atoms with van der Waals surface area (Å²) in [5.41, 5.74) is 1.13. The Bertz CT molecular complexity index is 470. The molecule has 2 aromatic heterocycles. The molecule has 2 rings (SSSR count). The van der Waals surface area contributed by atoms with E-state index in [2.05, 4.69) is 23.3 Å². The molecule has 0 bridgehead atoms. The van der Waals surface area contributed by atoms with Crippen molar-refractivity contribution >= 4 is 22.9 Å². The largest absolute Gasteiger partial charge is 0.309 e. The Morgan fingerprint density at radius 1 is 1.39 bits per heavy atom. The summed E-state index contributed by atoms with van der Waals surface area (Å²) in [7, 11) is 0. The number of thiophene rings is 1. The van der Waals surface area contributed by atoms with E-state index in [1.807, 2.05) is 29.8 Å². The first kappa shape index (κ1) is 13.5. The Labute approximate surface area is 117 Å². The van der Waals surface area contributed by atoms with Gasteiger partial charge in [-0.3, -0.25) is 4.98 Å². The highest BCUT2D eigenvalue weighted by molar-refractivity contribution is 7.10. The summed E-state index contributed by atoms with van der Waals surface area (Å²) in [6.07, 6.45) is 3.83. The van der Waals surface area contributed by atoms with Crippen molar-refractivity contribution in [3.63, 3.8) is 0 Å². The molecule has 0 saturated carbocycles. The van der Waals surface area contributed by atoms with Gasteiger partial charge in [-0.1, -0.05) is 24.6 Å². The summed E-state index contributed by atoms with van der Waals surface area (Å²) < 4.78 is 0. The summed E-state index contributed by atoms with van der Waals surface area (Å²) in [5, 5.41) is 6.41. The third kappa shape index (κ3) is 3.55. The zero-order chi connectivity index (χ0) is 12.8. The van der Waals surface area contributed by atoms with Crippen molar-refractivity contribution in [3.8, 4) is 0 Å². The van der Waals surface area contributed by atoms with Gasteiger partial charge in [0.1, 0.15) is 0 Å². The van der Waals surface area contributed by atoms with Crippen molar-refractivity contribution in [3.05, 3.63) is 51.4 Å². The monoisotopic (exact) mass is 280 g/mol. The molecule has 1 atom stereocenters. The Morgan fingerprint density at radius 2 is 2.28 bits per heavy atom. The summed E-state index contributed by atoms with van der Waals surface area (Å²) in [4.78, 5) is 5.59. The van der Waals surface area contributed by atoms with Crippen LogP contribution < -0.4 is 5.32 Å². The summed E-state index contributed by atoms with van der Waals surface area (Å²) in [5.74, 6) is 0. The minimum absolute atomic E-state index is 0.324. The molecular weight excluding hydrogens is 264 g/mol. The molecule has 2 heterocycles. The topological polar surface area (TPSA) is 24.9 Å². The number of nitrogens with zero attached hydrogens (tertiary/aromatic N) is 1. The van der Waals surface area contributed by atoms with E-state index < -0.39 is 0 Å². The van der Waals surface area contributed by atoms with E-state index in [-0.39, 0.29) is 0 Å². The van der Waals surface area contributed by atoms with Gasteiger partial charge in [-0.25, -0.2) is 0 Å². The average molecular weight is 281 g/mol. The van der Waals surface area contributed by atoms with Gasteiger partial charge in [0.2, 0.25) is 0 Å². The molecule has 0 aliphatic carbocycles. The van der Waals surface area contributed by atoms with E-state index in [4.69, 9.17) is 11.6 Å². The van der Waals surface area contributed by atoms with Gasteiger partial charge in [0.15, 0.2) is 0 Å². The average Bonchev–Trinajstić information content (AvgIpc) is 2.82. The van der Waals surface area contributed by atoms with Gasteiger partial charge in [-0.05, 0) is 43.0 Å². The molecule has 0 aliphatic rings. The third-order valence-electron chi connectivity index (χ3n) is 2.83. The van der Waals surface area contributed by atoms with E-state index in [0.29, 0.717) is 6.04 Å². The van der Waals surface area contributed by atoms with Crippen molar-refractivity contribution in [2.24, 2.45) is 0 Å². The molecule has 0 aromatic carbocycles. The lowest BCUT2D eigenvalue weighted by molar-refractivity contribution is 0.520. The van der Waals surface area contributed by atoms with E-state index >= 15 is 0 Å². The van der Waals surface area contributed by atoms with Crippen LogP contribution in [-0.2, 0) is 6.42 Å². The van der Waals surface area contributed by atoms with Crippen LogP contribution in [0.1, 0.15) is 30.0 Å². The zero-order valence-corrected chi connectivity index (χ0v) is 12.0. The number of hydrogen-bond acceptors (Lipinski definition) is 3. The van der Waals surface area contributed by atoms with E-state index in [1.165, 1.54) is 4.88 Å². The van der Waals surface area contributed by atoms with Crippen molar-refractivity contribution in [2.75, 3.05) is 6.54 Å². The molecule has 0 amide bonds. The van der Waals surface area contributed by atoms with E-state index in [0.717, 1.165) is 30.1 Å². The second-order valence-electron chi connectivity index (χ2n) is 4.10. The molecule has 96 valence electrons. The molecule has 0 spiro atoms. The van der Waals surface area contributed by atoms with Gasteiger partial charge < -0.3 is 5.32 Å². The smallest absolute Gasteiger partial charge is 0.0561 e. The SMILES string of the molecule is CCNC(CCc1ccccn1)c1sccc1Cl. The first-order valence-corrected chi connectivity index (χ1v) is 7.43. The molecule has 18 heavy (non-hydrogen) atoms. The fourth-order valence-corrected chi connectivity index (χ4v) is 3.26. The Morgan fingerprint density at radius 3 is 2.89 bits per heavy atom. The lowest BCUT2D eigenvalue weighted by Crippen LogP contribution is -2.21. The minimum atomic E-state index is 0.324. The maximum absolute atomic E-state index is 6.21. The van der Waals surface area contributed by atoms with Gasteiger partial charge in [-0.2, -0.15) is 0 Å². The number of hydrogen-bond donors (Lipinski definition) is 1. The Hall–Kier alpha value is -0.900. The number of pyridine rings is 1. The van der Waals surface area contributed by atoms with Gasteiger partial charge in [0, 0.05) is 22.8 Å². The van der Waals surface area contributed by atoms with Gasteiger partial charge in [0.25, 0.3) is 0 Å². The molecular formula is C14H17ClN2S. The fourth-order valence-electron chi connectivity index (χ4n) is 1.96. The molecule has 4 heteroatoms. The number of nitrogens with one attached hydrogen (secondary N) is 1. The molecule has 0 fully saturated rings. The van der Waals surface area contributed by atoms with Crippen LogP contribution in [0.5, 0.6) is 0 Å². The number of rotatable bonds is 6. The fraction of sp³-hybridized carbons (Fsp3) is 0.357. The molecule has 0 radical (unpaired) electrons. The number of aryl methyl sites for hydroxylation is 1. The molecule has 2 aromatic rings. The number of aromatic nitrogens is 1. The van der Waals surface area contributed by atoms with Crippen molar-refractivity contribution in [1.82, 2.24) is 10.3 Å². The van der Waals surface area contributed by atoms with Crippen LogP contribution in [0.25, 0.3) is 0 Å². The van der Waals surface area contributed by atoms with Crippen LogP contribution in [0.4, 0.5) is 0 Å². The predicted molar refractivity (Wildman–Crippen MR) is 78.3 cm³/mol. The van der Waals surface area contributed by atoms with Crippen LogP contribution in [0, 0.1) is 0 Å². The van der Waals surface area contributed by atoms with E-state index in [9.17, 15) is 0 Å². The molecule has 0 saturated heterocycles. The molecule has 2 nitrogen and oxygen atoms in total. The standard InChI is InChI=1S/C14H17ClN2S/c1-2-16-13(14-12(15)8-10-18-14)7-6-11-5-3-4-9-17-11/h3-5,8-10,13,16H,2,6-7H2,1H3. The normalized spacial score (nSPS) is 12.6. The lowest BCUT2D eigenvalue weighted by Gasteiger charge is -2.16. The van der Waals surface area contributed by atoms with Crippen LogP contribution in [0.3, 0.4) is 0 Å². The highest BCUT2D eigenvalue weighted by atomic mass is 35.5. The quantitative estimate of drug-likeness (QED) is 0.862. The Balaban J connectivity index is 2.01. The van der Waals surface area contributed by atoms with E-state index in [1.54, 1.807) is 11.3 Å².